The molecule has 41 heavy (non-hydrogen) atoms. The van der Waals surface area contributed by atoms with Gasteiger partial charge in [-0.2, -0.15) is 0 Å². The molecule has 3 unspecified atom stereocenters. The second-order valence-corrected chi connectivity index (χ2v) is 12.1. The molecule has 0 radical (unpaired) electrons. The van der Waals surface area contributed by atoms with Crippen molar-refractivity contribution in [3.8, 4) is 0 Å². The molecule has 1 amide bonds. The van der Waals surface area contributed by atoms with Crippen LogP contribution in [0.4, 0.5) is 0 Å². The third-order valence-electron chi connectivity index (χ3n) is 9.65. The molecule has 0 spiro atoms. The Labute approximate surface area is 240 Å². The lowest BCUT2D eigenvalue weighted by atomic mass is 9.80. The van der Waals surface area contributed by atoms with Gasteiger partial charge in [-0.15, -0.1) is 0 Å². The minimum atomic E-state index is -1.42. The molecule has 3 atom stereocenters. The third kappa shape index (κ3) is 5.75. The van der Waals surface area contributed by atoms with E-state index in [4.69, 9.17) is 10.6 Å². The van der Waals surface area contributed by atoms with E-state index in [9.17, 15) is 19.5 Å². The van der Waals surface area contributed by atoms with Crippen molar-refractivity contribution >= 4 is 28.6 Å². The minimum Gasteiger partial charge on any atom is -0.445 e. The monoisotopic (exact) mass is 563 g/mol. The van der Waals surface area contributed by atoms with Gasteiger partial charge < -0.3 is 9.84 Å². The number of para-hydroxylation sites is 1. The molecule has 2 aliphatic heterocycles. The van der Waals surface area contributed by atoms with Crippen molar-refractivity contribution in [1.82, 2.24) is 19.8 Å². The molecule has 2 aliphatic carbocycles. The summed E-state index contributed by atoms with van der Waals surface area (Å²) in [7, 11) is 0. The fourth-order valence-electron chi connectivity index (χ4n) is 7.47. The Hall–Kier alpha value is -2.92. The van der Waals surface area contributed by atoms with Gasteiger partial charge in [0.05, 0.1) is 12.1 Å². The molecule has 10 nitrogen and oxygen atoms in total. The second kappa shape index (κ2) is 12.1. The summed E-state index contributed by atoms with van der Waals surface area (Å²) in [5.41, 5.74) is 1.33. The Balaban J connectivity index is 1.22. The van der Waals surface area contributed by atoms with Crippen molar-refractivity contribution in [2.75, 3.05) is 13.1 Å². The third-order valence-corrected chi connectivity index (χ3v) is 9.65. The van der Waals surface area contributed by atoms with Crippen molar-refractivity contribution in [1.29, 1.82) is 0 Å². The molecule has 0 bridgehead atoms. The zero-order chi connectivity index (χ0) is 28.5. The average Bonchev–Trinajstić information content (AvgIpc) is 3.48. The number of hydrogen-bond acceptors (Lipinski definition) is 9. The number of pyridine rings is 1. The summed E-state index contributed by atoms with van der Waals surface area (Å²) in [6, 6.07) is 11.1. The summed E-state index contributed by atoms with van der Waals surface area (Å²) in [5, 5.41) is 12.7. The first-order chi connectivity index (χ1) is 19.9. The highest BCUT2D eigenvalue weighted by molar-refractivity contribution is 5.98. The van der Waals surface area contributed by atoms with Crippen molar-refractivity contribution in [2.24, 2.45) is 11.8 Å². The molecule has 1 aromatic carbocycles. The number of aliphatic hydroxyl groups excluding tert-OH is 1. The Morgan fingerprint density at radius 2 is 1.66 bits per heavy atom. The van der Waals surface area contributed by atoms with Crippen molar-refractivity contribution in [3.05, 3.63) is 42.1 Å². The van der Waals surface area contributed by atoms with E-state index in [2.05, 4.69) is 9.88 Å². The van der Waals surface area contributed by atoms with Gasteiger partial charge in [-0.3, -0.25) is 24.3 Å². The van der Waals surface area contributed by atoms with Gasteiger partial charge in [-0.25, -0.2) is 15.7 Å². The Morgan fingerprint density at radius 1 is 0.927 bits per heavy atom. The smallest absolute Gasteiger partial charge is 0.326 e. The number of hydrogen-bond donors (Lipinski definition) is 2. The van der Waals surface area contributed by atoms with Gasteiger partial charge in [0.1, 0.15) is 11.7 Å². The second-order valence-electron chi connectivity index (χ2n) is 12.1. The first-order valence-electron chi connectivity index (χ1n) is 15.3. The van der Waals surface area contributed by atoms with Gasteiger partial charge in [0.25, 0.3) is 5.91 Å². The van der Waals surface area contributed by atoms with Gasteiger partial charge in [0.2, 0.25) is 0 Å². The van der Waals surface area contributed by atoms with Crippen LogP contribution in [0.2, 0.25) is 0 Å². The Bertz CT molecular complexity index is 1270. The SMILES string of the molecule is NN1CC(N(C2CCCCC2)C2CCC(C(=O)c3ccc4ccccc4n3)CC2)C(=O)OC2CCCN2C(O)C1=O. The number of fused-ring (bicyclic) bond motifs is 2. The van der Waals surface area contributed by atoms with Crippen LogP contribution in [0, 0.1) is 5.92 Å². The maximum atomic E-state index is 13.8. The van der Waals surface area contributed by atoms with E-state index in [1.807, 2.05) is 36.4 Å². The van der Waals surface area contributed by atoms with Crippen molar-refractivity contribution < 1.29 is 24.2 Å². The van der Waals surface area contributed by atoms with Gasteiger partial charge in [0.15, 0.2) is 18.2 Å². The number of benzene rings is 1. The van der Waals surface area contributed by atoms with Crippen LogP contribution in [-0.2, 0) is 14.3 Å². The highest BCUT2D eigenvalue weighted by Gasteiger charge is 2.46. The zero-order valence-electron chi connectivity index (χ0n) is 23.6. The van der Waals surface area contributed by atoms with E-state index in [-0.39, 0.29) is 36.3 Å². The summed E-state index contributed by atoms with van der Waals surface area (Å²) in [4.78, 5) is 48.7. The lowest BCUT2D eigenvalue weighted by molar-refractivity contribution is -0.174. The van der Waals surface area contributed by atoms with Crippen LogP contribution in [0.5, 0.6) is 0 Å². The largest absolute Gasteiger partial charge is 0.445 e. The number of carbonyl (C=O) groups is 3. The lowest BCUT2D eigenvalue weighted by Gasteiger charge is -2.46. The first kappa shape index (κ1) is 28.2. The first-order valence-corrected chi connectivity index (χ1v) is 15.3. The number of esters is 1. The molecule has 2 aromatic rings. The molecule has 3 N–H and O–H groups in total. The fraction of sp³-hybridized carbons (Fsp3) is 0.613. The van der Waals surface area contributed by atoms with Crippen LogP contribution in [-0.4, -0.2) is 86.2 Å². The van der Waals surface area contributed by atoms with Crippen LogP contribution < -0.4 is 5.84 Å². The average molecular weight is 564 g/mol. The quantitative estimate of drug-likeness (QED) is 0.244. The number of nitrogens with zero attached hydrogens (tertiary/aromatic N) is 4. The Morgan fingerprint density at radius 3 is 2.44 bits per heavy atom. The van der Waals surface area contributed by atoms with Crippen LogP contribution in [0.25, 0.3) is 10.9 Å². The predicted octanol–water partition coefficient (Wildman–Crippen LogP) is 2.98. The zero-order valence-corrected chi connectivity index (χ0v) is 23.6. The number of nitrogens with two attached hydrogens (primary N) is 1. The predicted molar refractivity (Wildman–Crippen MR) is 152 cm³/mol. The van der Waals surface area contributed by atoms with E-state index in [1.165, 1.54) is 11.3 Å². The molecule has 6 rings (SSSR count). The molecule has 220 valence electrons. The summed E-state index contributed by atoms with van der Waals surface area (Å²) >= 11 is 0. The fourth-order valence-corrected chi connectivity index (χ4v) is 7.47. The topological polar surface area (TPSA) is 129 Å². The van der Waals surface area contributed by atoms with Gasteiger partial charge >= 0.3 is 5.97 Å². The lowest BCUT2D eigenvalue weighted by Crippen LogP contribution is -2.60. The normalized spacial score (nSPS) is 30.5. The summed E-state index contributed by atoms with van der Waals surface area (Å²) < 4.78 is 5.98. The van der Waals surface area contributed by atoms with Crippen molar-refractivity contribution in [3.63, 3.8) is 0 Å². The van der Waals surface area contributed by atoms with Gasteiger partial charge in [0, 0.05) is 29.9 Å². The summed E-state index contributed by atoms with van der Waals surface area (Å²) in [6.45, 7) is 0.436. The van der Waals surface area contributed by atoms with E-state index >= 15 is 0 Å². The highest BCUT2D eigenvalue weighted by atomic mass is 16.6. The maximum Gasteiger partial charge on any atom is 0.326 e. The molecule has 3 heterocycles. The van der Waals surface area contributed by atoms with Gasteiger partial charge in [-0.1, -0.05) is 43.5 Å². The highest BCUT2D eigenvalue weighted by Crippen LogP contribution is 2.36. The van der Waals surface area contributed by atoms with E-state index in [1.54, 1.807) is 0 Å². The molecule has 2 saturated heterocycles. The minimum absolute atomic E-state index is 0.0361. The molecule has 2 saturated carbocycles. The number of Topliss-reactive ketones (excluding diaryl/α,β-unsaturated/α-hetero) is 1. The summed E-state index contributed by atoms with van der Waals surface area (Å²) in [6.07, 6.45) is 7.49. The van der Waals surface area contributed by atoms with Gasteiger partial charge in [-0.05, 0) is 63.5 Å². The number of carbonyl (C=O) groups excluding carboxylic acids is 3. The van der Waals surface area contributed by atoms with E-state index in [0.717, 1.165) is 60.9 Å². The molecule has 4 aliphatic rings. The molecular weight excluding hydrogens is 522 g/mol. The Kier molecular flexibility index (Phi) is 8.35. The van der Waals surface area contributed by atoms with E-state index < -0.39 is 24.4 Å². The number of aromatic nitrogens is 1. The van der Waals surface area contributed by atoms with Crippen LogP contribution >= 0.6 is 0 Å². The number of ketones is 1. The number of ether oxygens (including phenoxy) is 1. The van der Waals surface area contributed by atoms with Crippen LogP contribution in [0.3, 0.4) is 0 Å². The van der Waals surface area contributed by atoms with Crippen LogP contribution in [0.1, 0.15) is 81.1 Å². The number of aliphatic hydroxyl groups is 1. The molecule has 4 fully saturated rings. The summed E-state index contributed by atoms with van der Waals surface area (Å²) in [5.74, 6) is 5.18. The van der Waals surface area contributed by atoms with Crippen molar-refractivity contribution in [2.45, 2.75) is 101 Å². The van der Waals surface area contributed by atoms with E-state index in [0.29, 0.717) is 31.5 Å². The molecule has 10 heteroatoms. The standard InChI is InChI=1S/C31H41N5O5/c32-35-19-26(31(40)41-27-11-6-18-34(27)29(38)30(35)39)36(22-8-2-1-3-9-22)23-15-12-21(13-16-23)28(37)25-17-14-20-7-4-5-10-24(20)33-25/h4-5,7,10,14,17,21-23,26-27,29,38H,1-3,6,8-9,11-13,15-16,18-19,32H2. The number of rotatable bonds is 5. The molecular formula is C31H41N5O5. The number of hydrazine groups is 1. The van der Waals surface area contributed by atoms with Crippen LogP contribution in [0.15, 0.2) is 36.4 Å². The maximum absolute atomic E-state index is 13.8. The molecule has 1 aromatic heterocycles. The number of amides is 1.